The van der Waals surface area contributed by atoms with E-state index in [-0.39, 0.29) is 6.04 Å². The van der Waals surface area contributed by atoms with Gasteiger partial charge in [0.1, 0.15) is 5.82 Å². The van der Waals surface area contributed by atoms with Crippen LogP contribution in [0.2, 0.25) is 0 Å². The molecule has 2 aromatic rings. The van der Waals surface area contributed by atoms with E-state index in [4.69, 9.17) is 5.73 Å². The first-order chi connectivity index (χ1) is 7.65. The van der Waals surface area contributed by atoms with Crippen LogP contribution >= 0.6 is 11.8 Å². The lowest BCUT2D eigenvalue weighted by molar-refractivity contribution is 0.817. The number of aromatic nitrogens is 3. The molecule has 1 aromatic heterocycles. The summed E-state index contributed by atoms with van der Waals surface area (Å²) in [6, 6.07) is 8.22. The minimum atomic E-state index is 0.0739. The molecule has 1 atom stereocenters. The molecule has 0 aliphatic carbocycles. The number of aromatic amines is 1. The second-order valence-corrected chi connectivity index (χ2v) is 4.70. The normalized spacial score (nSPS) is 12.7. The fourth-order valence-electron chi connectivity index (χ4n) is 1.31. The van der Waals surface area contributed by atoms with E-state index in [1.54, 1.807) is 0 Å². The van der Waals surface area contributed by atoms with Crippen LogP contribution in [0.1, 0.15) is 24.4 Å². The molecule has 0 bridgehead atoms. The van der Waals surface area contributed by atoms with E-state index in [9.17, 15) is 0 Å². The maximum atomic E-state index is 5.78. The predicted octanol–water partition coefficient (Wildman–Crippen LogP) is 2.28. The van der Waals surface area contributed by atoms with Gasteiger partial charge in [-0.15, -0.1) is 5.10 Å². The molecular weight excluding hydrogens is 220 g/mol. The standard InChI is InChI=1S/C11H14N4S/c1-7(12)9-3-5-10(6-4-9)16-11-13-8(2)14-15-11/h3-7H,12H2,1-2H3,(H,13,14,15)/t7-/m1/s1. The number of rotatable bonds is 3. The second-order valence-electron chi connectivity index (χ2n) is 3.66. The largest absolute Gasteiger partial charge is 0.324 e. The number of nitrogens with one attached hydrogen (secondary N) is 1. The summed E-state index contributed by atoms with van der Waals surface area (Å²) in [5, 5.41) is 7.63. The van der Waals surface area contributed by atoms with Crippen molar-refractivity contribution in [2.24, 2.45) is 5.73 Å². The molecule has 2 rings (SSSR count). The van der Waals surface area contributed by atoms with E-state index in [1.165, 1.54) is 11.8 Å². The highest BCUT2D eigenvalue weighted by Crippen LogP contribution is 2.25. The quantitative estimate of drug-likeness (QED) is 0.855. The average molecular weight is 234 g/mol. The Bertz CT molecular complexity index is 461. The topological polar surface area (TPSA) is 67.6 Å². The molecule has 16 heavy (non-hydrogen) atoms. The molecule has 0 saturated carbocycles. The molecule has 0 aliphatic rings. The Balaban J connectivity index is 2.11. The number of nitrogens with two attached hydrogens (primary N) is 1. The molecule has 0 fully saturated rings. The van der Waals surface area contributed by atoms with Crippen LogP contribution in [0.5, 0.6) is 0 Å². The Morgan fingerprint density at radius 2 is 2.00 bits per heavy atom. The highest BCUT2D eigenvalue weighted by Gasteiger charge is 2.03. The van der Waals surface area contributed by atoms with Gasteiger partial charge in [-0.1, -0.05) is 12.1 Å². The Morgan fingerprint density at radius 3 is 2.50 bits per heavy atom. The van der Waals surface area contributed by atoms with Crippen molar-refractivity contribution in [1.29, 1.82) is 0 Å². The van der Waals surface area contributed by atoms with E-state index in [0.29, 0.717) is 0 Å². The molecule has 4 nitrogen and oxygen atoms in total. The third kappa shape index (κ3) is 2.62. The zero-order valence-electron chi connectivity index (χ0n) is 9.27. The van der Waals surface area contributed by atoms with Crippen molar-refractivity contribution in [2.75, 3.05) is 0 Å². The number of H-pyrrole nitrogens is 1. The van der Waals surface area contributed by atoms with Gasteiger partial charge in [0.05, 0.1) is 0 Å². The summed E-state index contributed by atoms with van der Waals surface area (Å²) < 4.78 is 0. The minimum Gasteiger partial charge on any atom is -0.324 e. The monoisotopic (exact) mass is 234 g/mol. The molecule has 3 N–H and O–H groups in total. The van der Waals surface area contributed by atoms with Crippen LogP contribution in [0.4, 0.5) is 0 Å². The lowest BCUT2D eigenvalue weighted by Crippen LogP contribution is -2.04. The molecule has 1 aromatic carbocycles. The Kier molecular flexibility index (Phi) is 3.26. The summed E-state index contributed by atoms with van der Waals surface area (Å²) in [7, 11) is 0. The Morgan fingerprint density at radius 1 is 1.31 bits per heavy atom. The van der Waals surface area contributed by atoms with Crippen molar-refractivity contribution in [2.45, 2.75) is 29.9 Å². The number of aryl methyl sites for hydroxylation is 1. The van der Waals surface area contributed by atoms with E-state index in [2.05, 4.69) is 15.2 Å². The first kappa shape index (κ1) is 11.2. The van der Waals surface area contributed by atoms with Gasteiger partial charge >= 0.3 is 0 Å². The van der Waals surface area contributed by atoms with Gasteiger partial charge in [0.25, 0.3) is 0 Å². The zero-order chi connectivity index (χ0) is 11.5. The Hall–Kier alpha value is -1.33. The van der Waals surface area contributed by atoms with Crippen LogP contribution in [-0.4, -0.2) is 15.2 Å². The maximum Gasteiger partial charge on any atom is 0.213 e. The maximum absolute atomic E-state index is 5.78. The summed E-state index contributed by atoms with van der Waals surface area (Å²) >= 11 is 1.53. The summed E-state index contributed by atoms with van der Waals surface area (Å²) in [6.45, 7) is 3.86. The van der Waals surface area contributed by atoms with Crippen LogP contribution < -0.4 is 5.73 Å². The third-order valence-corrected chi connectivity index (χ3v) is 3.06. The van der Waals surface area contributed by atoms with Crippen molar-refractivity contribution in [1.82, 2.24) is 15.2 Å². The number of hydrogen-bond donors (Lipinski definition) is 2. The van der Waals surface area contributed by atoms with Gasteiger partial charge in [-0.3, -0.25) is 5.10 Å². The first-order valence-corrected chi connectivity index (χ1v) is 5.89. The summed E-state index contributed by atoms with van der Waals surface area (Å²) in [4.78, 5) is 5.35. The molecule has 0 amide bonds. The van der Waals surface area contributed by atoms with Gasteiger partial charge in [-0.25, -0.2) is 4.98 Å². The molecular formula is C11H14N4S. The van der Waals surface area contributed by atoms with Crippen molar-refractivity contribution in [3.05, 3.63) is 35.7 Å². The fraction of sp³-hybridized carbons (Fsp3) is 0.273. The second kappa shape index (κ2) is 4.67. The average Bonchev–Trinajstić information content (AvgIpc) is 2.65. The molecule has 0 spiro atoms. The van der Waals surface area contributed by atoms with E-state index in [1.807, 2.05) is 38.1 Å². The molecule has 5 heteroatoms. The number of benzene rings is 1. The molecule has 84 valence electrons. The van der Waals surface area contributed by atoms with Crippen LogP contribution in [-0.2, 0) is 0 Å². The van der Waals surface area contributed by atoms with Crippen LogP contribution in [0.25, 0.3) is 0 Å². The first-order valence-electron chi connectivity index (χ1n) is 5.07. The van der Waals surface area contributed by atoms with Gasteiger partial charge in [0.15, 0.2) is 0 Å². The third-order valence-electron chi connectivity index (χ3n) is 2.19. The summed E-state index contributed by atoms with van der Waals surface area (Å²) in [5.74, 6) is 0.828. The van der Waals surface area contributed by atoms with E-state index in [0.717, 1.165) is 21.4 Å². The van der Waals surface area contributed by atoms with Crippen LogP contribution in [0.3, 0.4) is 0 Å². The van der Waals surface area contributed by atoms with E-state index >= 15 is 0 Å². The van der Waals surface area contributed by atoms with Crippen LogP contribution in [0, 0.1) is 6.92 Å². The summed E-state index contributed by atoms with van der Waals surface area (Å²) in [5.41, 5.74) is 6.92. The highest BCUT2D eigenvalue weighted by atomic mass is 32.2. The Labute approximate surface area is 98.7 Å². The SMILES string of the molecule is Cc1nc(Sc2ccc([C@@H](C)N)cc2)n[nH]1. The molecule has 1 heterocycles. The molecule has 0 radical (unpaired) electrons. The molecule has 0 saturated heterocycles. The van der Waals surface area contributed by atoms with Gasteiger partial charge < -0.3 is 5.73 Å². The lowest BCUT2D eigenvalue weighted by Gasteiger charge is -2.05. The van der Waals surface area contributed by atoms with Gasteiger partial charge in [-0.2, -0.15) is 0 Å². The zero-order valence-corrected chi connectivity index (χ0v) is 10.1. The van der Waals surface area contributed by atoms with Gasteiger partial charge in [0, 0.05) is 10.9 Å². The number of hydrogen-bond acceptors (Lipinski definition) is 4. The number of nitrogens with zero attached hydrogens (tertiary/aromatic N) is 2. The van der Waals surface area contributed by atoms with Crippen molar-refractivity contribution in [3.63, 3.8) is 0 Å². The summed E-state index contributed by atoms with van der Waals surface area (Å²) in [6.07, 6.45) is 0. The van der Waals surface area contributed by atoms with Gasteiger partial charge in [0.2, 0.25) is 5.16 Å². The van der Waals surface area contributed by atoms with Gasteiger partial charge in [-0.05, 0) is 43.3 Å². The lowest BCUT2D eigenvalue weighted by atomic mass is 10.1. The molecule has 0 unspecified atom stereocenters. The van der Waals surface area contributed by atoms with E-state index < -0.39 is 0 Å². The fourth-order valence-corrected chi connectivity index (χ4v) is 2.07. The van der Waals surface area contributed by atoms with Crippen molar-refractivity contribution in [3.8, 4) is 0 Å². The smallest absolute Gasteiger partial charge is 0.213 e. The molecule has 0 aliphatic heterocycles. The van der Waals surface area contributed by atoms with Crippen molar-refractivity contribution >= 4 is 11.8 Å². The van der Waals surface area contributed by atoms with Crippen molar-refractivity contribution < 1.29 is 0 Å². The predicted molar refractivity (Wildman–Crippen MR) is 64.3 cm³/mol. The van der Waals surface area contributed by atoms with Crippen LogP contribution in [0.15, 0.2) is 34.3 Å². The minimum absolute atomic E-state index is 0.0739. The highest BCUT2D eigenvalue weighted by molar-refractivity contribution is 7.99.